The van der Waals surface area contributed by atoms with Crippen LogP contribution in [0.25, 0.3) is 0 Å². The van der Waals surface area contributed by atoms with Crippen LogP contribution >= 0.6 is 0 Å². The Morgan fingerprint density at radius 2 is 1.30 bits per heavy atom. The minimum Gasteiger partial charge on any atom is -0.481 e. The molecule has 0 bridgehead atoms. The van der Waals surface area contributed by atoms with E-state index in [9.17, 15) is 19.2 Å². The fraction of sp³-hybridized carbons (Fsp3) is 0.600. The lowest BCUT2D eigenvalue weighted by atomic mass is 9.77. The van der Waals surface area contributed by atoms with Crippen LogP contribution in [0.4, 0.5) is 0 Å². The fourth-order valence-electron chi connectivity index (χ4n) is 1.68. The van der Waals surface area contributed by atoms with Crippen molar-refractivity contribution in [2.45, 2.75) is 25.4 Å². The van der Waals surface area contributed by atoms with E-state index in [4.69, 9.17) is 26.8 Å². The summed E-state index contributed by atoms with van der Waals surface area (Å²) < 4.78 is 0. The molecule has 0 aliphatic rings. The smallest absolute Gasteiger partial charge is 0.304 e. The summed E-state index contributed by atoms with van der Waals surface area (Å²) in [7, 11) is 0. The number of nitrogens with two attached hydrogens (primary N) is 2. The maximum absolute atomic E-state index is 12.0. The van der Waals surface area contributed by atoms with Gasteiger partial charge in [-0.2, -0.15) is 0 Å². The first-order chi connectivity index (χ1) is 9.12. The lowest BCUT2D eigenvalue weighted by Crippen LogP contribution is -2.53. The SMILES string of the molecule is NCC(N)NC(=O)C(CC(=O)O)(CC(=O)O)CC(=O)O. The van der Waals surface area contributed by atoms with Crippen molar-refractivity contribution in [2.75, 3.05) is 6.54 Å². The number of carboxylic acid groups (broad SMARTS) is 3. The van der Waals surface area contributed by atoms with E-state index >= 15 is 0 Å². The van der Waals surface area contributed by atoms with E-state index in [1.165, 1.54) is 0 Å². The van der Waals surface area contributed by atoms with Crippen molar-refractivity contribution in [1.29, 1.82) is 0 Å². The number of carboxylic acids is 3. The highest BCUT2D eigenvalue weighted by atomic mass is 16.4. The summed E-state index contributed by atoms with van der Waals surface area (Å²) in [5, 5.41) is 28.5. The Balaban J connectivity index is 5.44. The van der Waals surface area contributed by atoms with Crippen LogP contribution < -0.4 is 16.8 Å². The standard InChI is InChI=1S/C10H17N3O7/c11-4-5(12)13-9(20)10(1-6(14)15,2-7(16)17)3-8(18)19/h5H,1-4,11-12H2,(H,13,20)(H,14,15)(H,16,17)(H,18,19). The van der Waals surface area contributed by atoms with Crippen LogP contribution in [0, 0.1) is 5.41 Å². The summed E-state index contributed by atoms with van der Waals surface area (Å²) >= 11 is 0. The molecule has 0 aliphatic heterocycles. The molecule has 0 heterocycles. The molecular formula is C10H17N3O7. The Morgan fingerprint density at radius 3 is 1.55 bits per heavy atom. The van der Waals surface area contributed by atoms with E-state index in [0.29, 0.717) is 0 Å². The molecule has 10 nitrogen and oxygen atoms in total. The van der Waals surface area contributed by atoms with E-state index in [0.717, 1.165) is 0 Å². The fourth-order valence-corrected chi connectivity index (χ4v) is 1.68. The number of nitrogens with one attached hydrogen (secondary N) is 1. The third-order valence-corrected chi connectivity index (χ3v) is 2.52. The molecule has 0 aromatic rings. The number of amides is 1. The second-order valence-corrected chi connectivity index (χ2v) is 4.31. The summed E-state index contributed by atoms with van der Waals surface area (Å²) in [4.78, 5) is 44.5. The summed E-state index contributed by atoms with van der Waals surface area (Å²) in [6.07, 6.45) is -3.88. The Hall–Kier alpha value is -2.20. The minimum atomic E-state index is -2.13. The van der Waals surface area contributed by atoms with Gasteiger partial charge in [-0.05, 0) is 0 Å². The first-order valence-electron chi connectivity index (χ1n) is 5.55. The zero-order chi connectivity index (χ0) is 15.9. The molecule has 8 N–H and O–H groups in total. The molecule has 0 radical (unpaired) electrons. The van der Waals surface area contributed by atoms with E-state index in [2.05, 4.69) is 5.32 Å². The molecule has 0 fully saturated rings. The van der Waals surface area contributed by atoms with Crippen molar-refractivity contribution in [3.63, 3.8) is 0 Å². The second-order valence-electron chi connectivity index (χ2n) is 4.31. The molecule has 0 saturated carbocycles. The number of rotatable bonds is 9. The molecule has 1 unspecified atom stereocenters. The molecule has 0 rings (SSSR count). The summed E-state index contributed by atoms with van der Waals surface area (Å²) in [6, 6.07) is 0. The number of carbonyl (C=O) groups is 4. The predicted octanol–water partition coefficient (Wildman–Crippen LogP) is -2.24. The van der Waals surface area contributed by atoms with Gasteiger partial charge in [0.1, 0.15) is 0 Å². The van der Waals surface area contributed by atoms with Crippen molar-refractivity contribution in [2.24, 2.45) is 16.9 Å². The molecule has 0 aromatic heterocycles. The molecule has 0 aliphatic carbocycles. The first kappa shape index (κ1) is 17.8. The first-order valence-corrected chi connectivity index (χ1v) is 5.55. The minimum absolute atomic E-state index is 0.172. The van der Waals surface area contributed by atoms with Gasteiger partial charge in [-0.1, -0.05) is 0 Å². The Labute approximate surface area is 113 Å². The number of aliphatic carboxylic acids is 3. The molecule has 1 atom stereocenters. The lowest BCUT2D eigenvalue weighted by Gasteiger charge is -2.29. The van der Waals surface area contributed by atoms with Crippen molar-refractivity contribution in [3.8, 4) is 0 Å². The third-order valence-electron chi connectivity index (χ3n) is 2.52. The van der Waals surface area contributed by atoms with Crippen LogP contribution in [0.5, 0.6) is 0 Å². The van der Waals surface area contributed by atoms with Crippen LogP contribution in [-0.4, -0.2) is 51.8 Å². The summed E-state index contributed by atoms with van der Waals surface area (Å²) in [6.45, 7) is -0.172. The van der Waals surface area contributed by atoms with Gasteiger partial charge in [0.2, 0.25) is 5.91 Å². The van der Waals surface area contributed by atoms with Crippen molar-refractivity contribution in [3.05, 3.63) is 0 Å². The van der Waals surface area contributed by atoms with E-state index in [1.807, 2.05) is 0 Å². The molecule has 114 valence electrons. The van der Waals surface area contributed by atoms with Gasteiger partial charge in [0.15, 0.2) is 0 Å². The maximum Gasteiger partial charge on any atom is 0.304 e. The molecule has 0 saturated heterocycles. The number of carbonyl (C=O) groups excluding carboxylic acids is 1. The van der Waals surface area contributed by atoms with Gasteiger partial charge in [-0.25, -0.2) is 0 Å². The molecular weight excluding hydrogens is 274 g/mol. The monoisotopic (exact) mass is 291 g/mol. The number of hydrogen-bond acceptors (Lipinski definition) is 6. The zero-order valence-corrected chi connectivity index (χ0v) is 10.5. The number of hydrogen-bond donors (Lipinski definition) is 6. The normalized spacial score (nSPS) is 12.5. The van der Waals surface area contributed by atoms with Crippen LogP contribution in [0.15, 0.2) is 0 Å². The average molecular weight is 291 g/mol. The van der Waals surface area contributed by atoms with Gasteiger partial charge in [0, 0.05) is 6.54 Å². The van der Waals surface area contributed by atoms with Gasteiger partial charge >= 0.3 is 17.9 Å². The Bertz CT molecular complexity index is 369. The molecule has 10 heteroatoms. The van der Waals surface area contributed by atoms with E-state index in [1.54, 1.807) is 0 Å². The van der Waals surface area contributed by atoms with Crippen LogP contribution in [0.2, 0.25) is 0 Å². The zero-order valence-electron chi connectivity index (χ0n) is 10.5. The van der Waals surface area contributed by atoms with Crippen LogP contribution in [0.1, 0.15) is 19.3 Å². The van der Waals surface area contributed by atoms with Crippen LogP contribution in [0.3, 0.4) is 0 Å². The summed E-state index contributed by atoms with van der Waals surface area (Å²) in [5.41, 5.74) is 8.41. The van der Waals surface area contributed by atoms with Gasteiger partial charge in [-0.15, -0.1) is 0 Å². The highest BCUT2D eigenvalue weighted by molar-refractivity contribution is 5.93. The van der Waals surface area contributed by atoms with Gasteiger partial charge in [-0.3, -0.25) is 19.2 Å². The van der Waals surface area contributed by atoms with Crippen molar-refractivity contribution >= 4 is 23.8 Å². The highest BCUT2D eigenvalue weighted by Crippen LogP contribution is 2.32. The maximum atomic E-state index is 12.0. The Kier molecular flexibility index (Phi) is 6.59. The molecule has 0 spiro atoms. The lowest BCUT2D eigenvalue weighted by molar-refractivity contribution is -0.155. The van der Waals surface area contributed by atoms with Gasteiger partial charge < -0.3 is 32.1 Å². The largest absolute Gasteiger partial charge is 0.481 e. The average Bonchev–Trinajstić information content (AvgIpc) is 2.25. The topological polar surface area (TPSA) is 193 Å². The van der Waals surface area contributed by atoms with E-state index in [-0.39, 0.29) is 6.54 Å². The van der Waals surface area contributed by atoms with Crippen molar-refractivity contribution in [1.82, 2.24) is 5.32 Å². The van der Waals surface area contributed by atoms with Crippen LogP contribution in [-0.2, 0) is 19.2 Å². The van der Waals surface area contributed by atoms with Gasteiger partial charge in [0.05, 0.1) is 30.8 Å². The van der Waals surface area contributed by atoms with E-state index < -0.39 is 54.7 Å². The predicted molar refractivity (Wildman–Crippen MR) is 64.4 cm³/mol. The molecule has 0 aromatic carbocycles. The summed E-state index contributed by atoms with van der Waals surface area (Å²) in [5.74, 6) is -5.56. The Morgan fingerprint density at radius 1 is 0.950 bits per heavy atom. The molecule has 1 amide bonds. The highest BCUT2D eigenvalue weighted by Gasteiger charge is 2.45. The quantitative estimate of drug-likeness (QED) is 0.254. The van der Waals surface area contributed by atoms with Gasteiger partial charge in [0.25, 0.3) is 0 Å². The second kappa shape index (κ2) is 7.40. The molecule has 20 heavy (non-hydrogen) atoms. The van der Waals surface area contributed by atoms with Crippen molar-refractivity contribution < 1.29 is 34.5 Å². The third kappa shape index (κ3) is 5.63.